The summed E-state index contributed by atoms with van der Waals surface area (Å²) in [5.74, 6) is 0.731. The summed E-state index contributed by atoms with van der Waals surface area (Å²) in [6, 6.07) is 6.32. The van der Waals surface area contributed by atoms with E-state index < -0.39 is 0 Å². The van der Waals surface area contributed by atoms with Crippen LogP contribution in [0.15, 0.2) is 18.2 Å². The second-order valence-corrected chi connectivity index (χ2v) is 7.12. The molecular weight excluding hydrogens is 300 g/mol. The molecule has 4 heterocycles. The first-order valence-electron chi connectivity index (χ1n) is 7.90. The molecule has 114 valence electrons. The van der Waals surface area contributed by atoms with Crippen LogP contribution in [0.4, 0.5) is 0 Å². The van der Waals surface area contributed by atoms with Crippen molar-refractivity contribution in [1.29, 1.82) is 0 Å². The van der Waals surface area contributed by atoms with Crippen LogP contribution in [0.3, 0.4) is 0 Å². The number of nitrogens with zero attached hydrogens (tertiary/aromatic N) is 3. The van der Waals surface area contributed by atoms with Crippen LogP contribution in [-0.2, 0) is 0 Å². The van der Waals surface area contributed by atoms with Gasteiger partial charge in [-0.2, -0.15) is 5.10 Å². The number of H-pyrrole nitrogens is 1. The lowest BCUT2D eigenvalue weighted by atomic mass is 9.93. The van der Waals surface area contributed by atoms with Crippen molar-refractivity contribution in [3.63, 3.8) is 0 Å². The number of rotatable bonds is 1. The van der Waals surface area contributed by atoms with Crippen molar-refractivity contribution in [2.45, 2.75) is 24.9 Å². The summed E-state index contributed by atoms with van der Waals surface area (Å²) in [4.78, 5) is 17.7. The van der Waals surface area contributed by atoms with Crippen LogP contribution in [-0.4, -0.2) is 57.6 Å². The average molecular weight is 317 g/mol. The number of amides is 1. The quantitative estimate of drug-likeness (QED) is 0.877. The Kier molecular flexibility index (Phi) is 2.62. The highest BCUT2D eigenvalue weighted by atomic mass is 35.5. The number of aromatic nitrogens is 2. The first kappa shape index (κ1) is 12.9. The fraction of sp³-hybridized carbons (Fsp3) is 0.500. The smallest absolute Gasteiger partial charge is 0.275 e. The fourth-order valence-electron chi connectivity index (χ4n) is 4.60. The van der Waals surface area contributed by atoms with Gasteiger partial charge in [-0.15, -0.1) is 0 Å². The van der Waals surface area contributed by atoms with E-state index in [9.17, 15) is 4.79 Å². The molecule has 0 unspecified atom stereocenters. The van der Waals surface area contributed by atoms with Gasteiger partial charge in [-0.3, -0.25) is 14.8 Å². The van der Waals surface area contributed by atoms with Crippen molar-refractivity contribution < 1.29 is 4.79 Å². The molecule has 0 aliphatic carbocycles. The Morgan fingerprint density at radius 3 is 3.18 bits per heavy atom. The molecule has 3 aliphatic rings. The molecule has 1 aromatic heterocycles. The number of hydrogen-bond acceptors (Lipinski definition) is 3. The van der Waals surface area contributed by atoms with Gasteiger partial charge < -0.3 is 4.90 Å². The second kappa shape index (κ2) is 4.46. The minimum atomic E-state index is 0.0626. The van der Waals surface area contributed by atoms with Crippen LogP contribution in [0.25, 0.3) is 10.9 Å². The van der Waals surface area contributed by atoms with Gasteiger partial charge in [-0.25, -0.2) is 0 Å². The Hall–Kier alpha value is -1.59. The van der Waals surface area contributed by atoms with Gasteiger partial charge >= 0.3 is 0 Å². The third-order valence-corrected chi connectivity index (χ3v) is 5.90. The minimum Gasteiger partial charge on any atom is -0.328 e. The molecule has 22 heavy (non-hydrogen) atoms. The third-order valence-electron chi connectivity index (χ3n) is 5.59. The molecule has 0 spiro atoms. The summed E-state index contributed by atoms with van der Waals surface area (Å²) in [6.07, 6.45) is 2.37. The lowest BCUT2D eigenvalue weighted by Gasteiger charge is -2.44. The number of aromatic amines is 1. The monoisotopic (exact) mass is 316 g/mol. The van der Waals surface area contributed by atoms with Crippen molar-refractivity contribution in [2.24, 2.45) is 5.92 Å². The molecular formula is C16H17ClN4O. The van der Waals surface area contributed by atoms with E-state index in [0.29, 0.717) is 28.7 Å². The molecule has 2 aromatic rings. The zero-order valence-electron chi connectivity index (χ0n) is 12.1. The fourth-order valence-corrected chi connectivity index (χ4v) is 4.82. The van der Waals surface area contributed by atoms with Crippen LogP contribution in [0.1, 0.15) is 23.3 Å². The van der Waals surface area contributed by atoms with Crippen LogP contribution in [0, 0.1) is 5.92 Å². The van der Waals surface area contributed by atoms with Gasteiger partial charge in [0.2, 0.25) is 0 Å². The summed E-state index contributed by atoms with van der Waals surface area (Å²) in [5.41, 5.74) is 1.27. The Morgan fingerprint density at radius 2 is 2.27 bits per heavy atom. The van der Waals surface area contributed by atoms with E-state index in [2.05, 4.69) is 20.0 Å². The summed E-state index contributed by atoms with van der Waals surface area (Å²) in [5, 5.41) is 8.63. The normalized spacial score (nSPS) is 32.9. The van der Waals surface area contributed by atoms with E-state index in [1.165, 1.54) is 13.0 Å². The van der Waals surface area contributed by atoms with Gasteiger partial charge in [0, 0.05) is 30.6 Å². The second-order valence-electron chi connectivity index (χ2n) is 6.71. The van der Waals surface area contributed by atoms with Crippen LogP contribution in [0.2, 0.25) is 5.02 Å². The van der Waals surface area contributed by atoms with E-state index in [1.54, 1.807) is 0 Å². The number of nitrogens with one attached hydrogen (secondary N) is 1. The van der Waals surface area contributed by atoms with Gasteiger partial charge in [-0.1, -0.05) is 23.7 Å². The van der Waals surface area contributed by atoms with E-state index in [0.717, 1.165) is 30.4 Å². The first-order valence-corrected chi connectivity index (χ1v) is 8.28. The molecule has 1 N–H and O–H groups in total. The van der Waals surface area contributed by atoms with Crippen LogP contribution >= 0.6 is 11.6 Å². The number of benzene rings is 1. The molecule has 3 fully saturated rings. The van der Waals surface area contributed by atoms with Gasteiger partial charge in [0.25, 0.3) is 5.91 Å². The molecule has 1 aromatic carbocycles. The first-order chi connectivity index (χ1) is 10.7. The predicted octanol–water partition coefficient (Wildman–Crippen LogP) is 2.13. The highest BCUT2D eigenvalue weighted by Gasteiger charge is 2.51. The van der Waals surface area contributed by atoms with E-state index in [1.807, 2.05) is 18.2 Å². The van der Waals surface area contributed by atoms with Crippen LogP contribution < -0.4 is 0 Å². The highest BCUT2D eigenvalue weighted by molar-refractivity contribution is 6.35. The Balaban J connectivity index is 1.56. The number of para-hydroxylation sites is 1. The summed E-state index contributed by atoms with van der Waals surface area (Å²) in [7, 11) is 0. The van der Waals surface area contributed by atoms with Gasteiger partial charge in [-0.05, 0) is 31.4 Å². The van der Waals surface area contributed by atoms with Crippen LogP contribution in [0.5, 0.6) is 0 Å². The molecule has 0 saturated carbocycles. The van der Waals surface area contributed by atoms with E-state index in [4.69, 9.17) is 11.6 Å². The SMILES string of the molecule is O=C(c1n[nH]c2c(Cl)cccc12)N1[C@H]2C[C@H]3CC[N@@](C2)C[C@H]31. The number of fused-ring (bicyclic) bond motifs is 3. The van der Waals surface area contributed by atoms with Crippen molar-refractivity contribution in [3.05, 3.63) is 28.9 Å². The largest absolute Gasteiger partial charge is 0.328 e. The maximum atomic E-state index is 13.1. The van der Waals surface area contributed by atoms with Crippen molar-refractivity contribution in [3.8, 4) is 0 Å². The summed E-state index contributed by atoms with van der Waals surface area (Å²) in [6.45, 7) is 3.23. The Morgan fingerprint density at radius 1 is 1.36 bits per heavy atom. The Labute approximate surface area is 133 Å². The maximum absolute atomic E-state index is 13.1. The average Bonchev–Trinajstić information content (AvgIpc) is 2.98. The molecule has 3 bridgehead atoms. The summed E-state index contributed by atoms with van der Waals surface area (Å²) >= 11 is 6.18. The third kappa shape index (κ3) is 1.64. The van der Waals surface area contributed by atoms with E-state index in [-0.39, 0.29) is 5.91 Å². The maximum Gasteiger partial charge on any atom is 0.275 e. The van der Waals surface area contributed by atoms with Crippen molar-refractivity contribution >= 4 is 28.4 Å². The van der Waals surface area contributed by atoms with Crippen molar-refractivity contribution in [2.75, 3.05) is 19.6 Å². The number of halogens is 1. The molecule has 3 saturated heterocycles. The number of piperazine rings is 1. The predicted molar refractivity (Wildman–Crippen MR) is 84.0 cm³/mol. The van der Waals surface area contributed by atoms with Gasteiger partial charge in [0.1, 0.15) is 0 Å². The van der Waals surface area contributed by atoms with Gasteiger partial charge in [0.05, 0.1) is 10.5 Å². The lowest BCUT2D eigenvalue weighted by molar-refractivity contribution is 0.0258. The number of carbonyl (C=O) groups is 1. The Bertz CT molecular complexity index is 769. The molecule has 1 amide bonds. The zero-order chi connectivity index (χ0) is 14.8. The van der Waals surface area contributed by atoms with Crippen molar-refractivity contribution in [1.82, 2.24) is 20.0 Å². The molecule has 4 atom stereocenters. The number of piperidine rings is 1. The topological polar surface area (TPSA) is 52.2 Å². The zero-order valence-corrected chi connectivity index (χ0v) is 12.9. The van der Waals surface area contributed by atoms with Gasteiger partial charge in [0.15, 0.2) is 5.69 Å². The molecule has 5 nitrogen and oxygen atoms in total. The number of hydrogen-bond donors (Lipinski definition) is 1. The highest BCUT2D eigenvalue weighted by Crippen LogP contribution is 2.41. The molecule has 0 radical (unpaired) electrons. The molecule has 3 aliphatic heterocycles. The van der Waals surface area contributed by atoms with E-state index >= 15 is 0 Å². The lowest BCUT2D eigenvalue weighted by Crippen LogP contribution is -2.58. The molecule has 6 heteroatoms. The number of carbonyl (C=O) groups excluding carboxylic acids is 1. The molecule has 5 rings (SSSR count). The standard InChI is InChI=1S/C16H17ClN4O/c17-12-3-1-2-11-14(12)18-19-15(11)16(22)21-10-6-9-4-5-20(7-10)8-13(9)21/h1-3,9-10,13H,4-8H2,(H,18,19)/t9-,10+,13-/m1/s1. The minimum absolute atomic E-state index is 0.0626. The summed E-state index contributed by atoms with van der Waals surface area (Å²) < 4.78 is 0.